The lowest BCUT2D eigenvalue weighted by atomic mass is 9.79. The molecule has 1 aliphatic rings. The molecule has 0 aromatic heterocycles. The van der Waals surface area contributed by atoms with Gasteiger partial charge in [0.1, 0.15) is 0 Å². The maximum absolute atomic E-state index is 6.71. The highest BCUT2D eigenvalue weighted by atomic mass is 35.5. The summed E-state index contributed by atoms with van der Waals surface area (Å²) in [6.07, 6.45) is 5.28. The zero-order valence-corrected chi connectivity index (χ0v) is 11.9. The Kier molecular flexibility index (Phi) is 4.14. The summed E-state index contributed by atoms with van der Waals surface area (Å²) in [7, 11) is 0. The van der Waals surface area contributed by atoms with E-state index in [4.69, 9.17) is 11.6 Å². The molecule has 1 aromatic rings. The van der Waals surface area contributed by atoms with Crippen molar-refractivity contribution in [3.8, 4) is 0 Å². The molecule has 17 heavy (non-hydrogen) atoms. The van der Waals surface area contributed by atoms with Gasteiger partial charge in [-0.25, -0.2) is 0 Å². The van der Waals surface area contributed by atoms with Gasteiger partial charge in [-0.1, -0.05) is 43.5 Å². The van der Waals surface area contributed by atoms with Gasteiger partial charge in [0.15, 0.2) is 0 Å². The minimum Gasteiger partial charge on any atom is -0.118 e. The van der Waals surface area contributed by atoms with E-state index in [-0.39, 0.29) is 5.38 Å². The number of benzene rings is 1. The Morgan fingerprint density at radius 1 is 1.12 bits per heavy atom. The number of rotatable bonds is 2. The first-order chi connectivity index (χ1) is 8.08. The molecule has 1 fully saturated rings. The van der Waals surface area contributed by atoms with Crippen LogP contribution < -0.4 is 0 Å². The fraction of sp³-hybridized carbons (Fsp3) is 0.625. The van der Waals surface area contributed by atoms with Crippen molar-refractivity contribution in [1.29, 1.82) is 0 Å². The molecule has 0 aliphatic heterocycles. The van der Waals surface area contributed by atoms with E-state index in [1.165, 1.54) is 42.4 Å². The predicted molar refractivity (Wildman–Crippen MR) is 75.6 cm³/mol. The van der Waals surface area contributed by atoms with Crippen molar-refractivity contribution in [3.05, 3.63) is 34.9 Å². The SMILES string of the molecule is Cc1ccc(C)c(C(Cl)C2CCC(C)CC2)c1. The summed E-state index contributed by atoms with van der Waals surface area (Å²) in [6, 6.07) is 6.64. The molecule has 0 amide bonds. The van der Waals surface area contributed by atoms with E-state index >= 15 is 0 Å². The van der Waals surface area contributed by atoms with Gasteiger partial charge in [0.05, 0.1) is 5.38 Å². The van der Waals surface area contributed by atoms with Crippen LogP contribution in [0.4, 0.5) is 0 Å². The van der Waals surface area contributed by atoms with Crippen LogP contribution in [0.3, 0.4) is 0 Å². The van der Waals surface area contributed by atoms with Crippen molar-refractivity contribution in [2.45, 2.75) is 51.8 Å². The van der Waals surface area contributed by atoms with Crippen molar-refractivity contribution in [2.75, 3.05) is 0 Å². The minimum atomic E-state index is 0.211. The van der Waals surface area contributed by atoms with Crippen LogP contribution in [0.15, 0.2) is 18.2 Å². The Hall–Kier alpha value is -0.490. The Morgan fingerprint density at radius 2 is 1.76 bits per heavy atom. The van der Waals surface area contributed by atoms with Crippen molar-refractivity contribution >= 4 is 11.6 Å². The van der Waals surface area contributed by atoms with Crippen molar-refractivity contribution in [1.82, 2.24) is 0 Å². The van der Waals surface area contributed by atoms with E-state index in [2.05, 4.69) is 39.0 Å². The fourth-order valence-electron chi connectivity index (χ4n) is 2.89. The van der Waals surface area contributed by atoms with E-state index in [0.717, 1.165) is 5.92 Å². The summed E-state index contributed by atoms with van der Waals surface area (Å²) < 4.78 is 0. The quantitative estimate of drug-likeness (QED) is 0.616. The second kappa shape index (κ2) is 5.44. The first kappa shape index (κ1) is 13.0. The van der Waals surface area contributed by atoms with Gasteiger partial charge in [0, 0.05) is 0 Å². The smallest absolute Gasteiger partial charge is 0.0616 e. The van der Waals surface area contributed by atoms with Crippen LogP contribution >= 0.6 is 11.6 Å². The number of alkyl halides is 1. The molecule has 1 aromatic carbocycles. The molecule has 0 radical (unpaired) electrons. The number of halogens is 1. The summed E-state index contributed by atoms with van der Waals surface area (Å²) in [5.41, 5.74) is 4.01. The monoisotopic (exact) mass is 250 g/mol. The first-order valence-electron chi connectivity index (χ1n) is 6.79. The fourth-order valence-corrected chi connectivity index (χ4v) is 3.38. The Balaban J connectivity index is 2.13. The maximum atomic E-state index is 6.71. The molecule has 1 aliphatic carbocycles. The summed E-state index contributed by atoms with van der Waals surface area (Å²) >= 11 is 6.71. The third-order valence-corrected chi connectivity index (χ3v) is 4.80. The average Bonchev–Trinajstić information content (AvgIpc) is 2.32. The van der Waals surface area contributed by atoms with Crippen LogP contribution in [0.1, 0.15) is 54.7 Å². The van der Waals surface area contributed by atoms with E-state index in [1.807, 2.05) is 0 Å². The van der Waals surface area contributed by atoms with E-state index in [1.54, 1.807) is 0 Å². The number of hydrogen-bond donors (Lipinski definition) is 0. The van der Waals surface area contributed by atoms with Crippen LogP contribution in [-0.2, 0) is 0 Å². The van der Waals surface area contributed by atoms with Crippen molar-refractivity contribution in [3.63, 3.8) is 0 Å². The average molecular weight is 251 g/mol. The third-order valence-electron chi connectivity index (χ3n) is 4.21. The molecule has 0 nitrogen and oxygen atoms in total. The topological polar surface area (TPSA) is 0 Å². The highest BCUT2D eigenvalue weighted by Crippen LogP contribution is 2.41. The molecule has 0 heterocycles. The molecule has 0 spiro atoms. The van der Waals surface area contributed by atoms with Gasteiger partial charge in [0.2, 0.25) is 0 Å². The maximum Gasteiger partial charge on any atom is 0.0616 e. The van der Waals surface area contributed by atoms with Gasteiger partial charge < -0.3 is 0 Å². The molecule has 1 atom stereocenters. The second-order valence-electron chi connectivity index (χ2n) is 5.78. The standard InChI is InChI=1S/C16H23Cl/c1-11-5-8-14(9-6-11)16(17)15-10-12(2)4-7-13(15)3/h4,7,10-11,14,16H,5-6,8-9H2,1-3H3. The molecule has 0 N–H and O–H groups in total. The molecular weight excluding hydrogens is 228 g/mol. The lowest BCUT2D eigenvalue weighted by Crippen LogP contribution is -2.17. The number of aryl methyl sites for hydroxylation is 2. The normalized spacial score (nSPS) is 26.8. The summed E-state index contributed by atoms with van der Waals surface area (Å²) in [5.74, 6) is 1.57. The molecule has 0 bridgehead atoms. The Bertz CT molecular complexity index is 375. The van der Waals surface area contributed by atoms with Crippen molar-refractivity contribution < 1.29 is 0 Å². The molecule has 1 unspecified atom stereocenters. The largest absolute Gasteiger partial charge is 0.118 e. The van der Waals surface area contributed by atoms with Crippen LogP contribution in [0.5, 0.6) is 0 Å². The Morgan fingerprint density at radius 3 is 2.41 bits per heavy atom. The minimum absolute atomic E-state index is 0.211. The molecule has 0 saturated heterocycles. The summed E-state index contributed by atoms with van der Waals surface area (Å²) in [5, 5.41) is 0.211. The second-order valence-corrected chi connectivity index (χ2v) is 6.25. The van der Waals surface area contributed by atoms with Crippen LogP contribution in [0, 0.1) is 25.7 Å². The van der Waals surface area contributed by atoms with Gasteiger partial charge in [-0.15, -0.1) is 11.6 Å². The van der Waals surface area contributed by atoms with E-state index in [0.29, 0.717) is 5.92 Å². The third kappa shape index (κ3) is 3.04. The van der Waals surface area contributed by atoms with Gasteiger partial charge in [-0.05, 0) is 49.7 Å². The zero-order chi connectivity index (χ0) is 12.4. The molecular formula is C16H23Cl. The summed E-state index contributed by atoms with van der Waals surface area (Å²) in [4.78, 5) is 0. The van der Waals surface area contributed by atoms with Crippen LogP contribution in [0.2, 0.25) is 0 Å². The highest BCUT2D eigenvalue weighted by molar-refractivity contribution is 6.21. The molecule has 1 saturated carbocycles. The van der Waals surface area contributed by atoms with E-state index in [9.17, 15) is 0 Å². The molecule has 2 rings (SSSR count). The first-order valence-corrected chi connectivity index (χ1v) is 7.23. The Labute approximate surface area is 110 Å². The van der Waals surface area contributed by atoms with E-state index < -0.39 is 0 Å². The van der Waals surface area contributed by atoms with Crippen LogP contribution in [0.25, 0.3) is 0 Å². The number of hydrogen-bond acceptors (Lipinski definition) is 0. The lowest BCUT2D eigenvalue weighted by Gasteiger charge is -2.30. The molecule has 94 valence electrons. The lowest BCUT2D eigenvalue weighted by molar-refractivity contribution is 0.283. The van der Waals surface area contributed by atoms with Crippen LogP contribution in [-0.4, -0.2) is 0 Å². The zero-order valence-electron chi connectivity index (χ0n) is 11.2. The van der Waals surface area contributed by atoms with Gasteiger partial charge in [-0.2, -0.15) is 0 Å². The predicted octanol–water partition coefficient (Wildman–Crippen LogP) is 5.41. The highest BCUT2D eigenvalue weighted by Gasteiger charge is 2.26. The molecule has 1 heteroatoms. The van der Waals surface area contributed by atoms with Crippen molar-refractivity contribution in [2.24, 2.45) is 11.8 Å². The van der Waals surface area contributed by atoms with Gasteiger partial charge in [-0.3, -0.25) is 0 Å². The van der Waals surface area contributed by atoms with Gasteiger partial charge in [0.25, 0.3) is 0 Å². The van der Waals surface area contributed by atoms with Gasteiger partial charge >= 0.3 is 0 Å². The summed E-state index contributed by atoms with van der Waals surface area (Å²) in [6.45, 7) is 6.68.